The zero-order valence-corrected chi connectivity index (χ0v) is 15.1. The van der Waals surface area contributed by atoms with E-state index in [0.717, 1.165) is 6.42 Å². The van der Waals surface area contributed by atoms with Crippen molar-refractivity contribution in [3.8, 4) is 0 Å². The molecule has 0 saturated heterocycles. The van der Waals surface area contributed by atoms with Crippen molar-refractivity contribution in [2.75, 3.05) is 11.9 Å². The van der Waals surface area contributed by atoms with Crippen LogP contribution in [0.3, 0.4) is 0 Å². The van der Waals surface area contributed by atoms with Crippen LogP contribution in [-0.2, 0) is 9.53 Å². The number of nitrogens with zero attached hydrogens (tertiary/aromatic N) is 1. The SMILES string of the molecule is CCCOC(=O)c1ccc(NC(=O)C(C)n2c(=O)oc3ccccc32)cc1. The molecule has 1 heterocycles. The number of hydrogen-bond acceptors (Lipinski definition) is 5. The van der Waals surface area contributed by atoms with Crippen LogP contribution in [0.5, 0.6) is 0 Å². The summed E-state index contributed by atoms with van der Waals surface area (Å²) in [5, 5.41) is 2.74. The highest BCUT2D eigenvalue weighted by molar-refractivity contribution is 5.95. The fourth-order valence-electron chi connectivity index (χ4n) is 2.68. The fraction of sp³-hybridized carbons (Fsp3) is 0.250. The Bertz CT molecular complexity index is 1020. The quantitative estimate of drug-likeness (QED) is 0.674. The minimum absolute atomic E-state index is 0.363. The van der Waals surface area contributed by atoms with Gasteiger partial charge in [0.25, 0.3) is 0 Å². The van der Waals surface area contributed by atoms with E-state index < -0.39 is 17.8 Å². The molecule has 0 saturated carbocycles. The number of esters is 1. The Labute approximate surface area is 155 Å². The number of benzene rings is 2. The maximum Gasteiger partial charge on any atom is 0.420 e. The molecule has 140 valence electrons. The van der Waals surface area contributed by atoms with Gasteiger partial charge in [-0.1, -0.05) is 19.1 Å². The number of aromatic nitrogens is 1. The van der Waals surface area contributed by atoms with Crippen molar-refractivity contribution >= 4 is 28.7 Å². The van der Waals surface area contributed by atoms with E-state index in [1.54, 1.807) is 55.5 Å². The van der Waals surface area contributed by atoms with Crippen molar-refractivity contribution in [3.05, 3.63) is 64.6 Å². The van der Waals surface area contributed by atoms with E-state index in [1.165, 1.54) is 4.57 Å². The lowest BCUT2D eigenvalue weighted by Crippen LogP contribution is -2.29. The number of para-hydroxylation sites is 2. The van der Waals surface area contributed by atoms with Gasteiger partial charge in [-0.05, 0) is 49.7 Å². The standard InChI is InChI=1S/C20H20N2O5/c1-3-12-26-19(24)14-8-10-15(11-9-14)21-18(23)13(2)22-16-6-4-5-7-17(16)27-20(22)25/h4-11,13H,3,12H2,1-2H3,(H,21,23). The first-order valence-electron chi connectivity index (χ1n) is 8.69. The largest absolute Gasteiger partial charge is 0.462 e. The van der Waals surface area contributed by atoms with Crippen LogP contribution >= 0.6 is 0 Å². The maximum atomic E-state index is 12.6. The summed E-state index contributed by atoms with van der Waals surface area (Å²) in [6.45, 7) is 3.90. The highest BCUT2D eigenvalue weighted by Crippen LogP contribution is 2.18. The number of nitrogens with one attached hydrogen (secondary N) is 1. The number of anilines is 1. The van der Waals surface area contributed by atoms with Crippen molar-refractivity contribution in [3.63, 3.8) is 0 Å². The number of rotatable bonds is 6. The molecule has 7 heteroatoms. The molecular weight excluding hydrogens is 348 g/mol. The van der Waals surface area contributed by atoms with Crippen LogP contribution < -0.4 is 11.1 Å². The van der Waals surface area contributed by atoms with Crippen molar-refractivity contribution in [1.82, 2.24) is 4.57 Å². The predicted molar refractivity (Wildman–Crippen MR) is 101 cm³/mol. The Morgan fingerprint density at radius 1 is 1.15 bits per heavy atom. The molecular formula is C20H20N2O5. The fourth-order valence-corrected chi connectivity index (χ4v) is 2.68. The molecule has 1 unspecified atom stereocenters. The summed E-state index contributed by atoms with van der Waals surface area (Å²) in [6.07, 6.45) is 0.750. The molecule has 1 atom stereocenters. The number of fused-ring (bicyclic) bond motifs is 1. The molecule has 0 radical (unpaired) electrons. The van der Waals surface area contributed by atoms with Gasteiger partial charge in [0.2, 0.25) is 5.91 Å². The third-order valence-corrected chi connectivity index (χ3v) is 4.11. The molecule has 7 nitrogen and oxygen atoms in total. The maximum absolute atomic E-state index is 12.6. The topological polar surface area (TPSA) is 90.5 Å². The molecule has 0 aliphatic heterocycles. The lowest BCUT2D eigenvalue weighted by Gasteiger charge is -2.13. The lowest BCUT2D eigenvalue weighted by atomic mass is 10.2. The van der Waals surface area contributed by atoms with Gasteiger partial charge < -0.3 is 14.5 Å². The highest BCUT2D eigenvalue weighted by atomic mass is 16.5. The Morgan fingerprint density at radius 3 is 2.56 bits per heavy atom. The number of carbonyl (C=O) groups is 2. The third kappa shape index (κ3) is 3.92. The number of carbonyl (C=O) groups excluding carboxylic acids is 2. The Balaban J connectivity index is 1.74. The zero-order chi connectivity index (χ0) is 19.4. The van der Waals surface area contributed by atoms with E-state index in [-0.39, 0.29) is 5.91 Å². The summed E-state index contributed by atoms with van der Waals surface area (Å²) in [5.74, 6) is -1.36. The first-order chi connectivity index (χ1) is 13.0. The van der Waals surface area contributed by atoms with E-state index >= 15 is 0 Å². The minimum atomic E-state index is -0.768. The number of oxazole rings is 1. The molecule has 3 aromatic rings. The van der Waals surface area contributed by atoms with Crippen LogP contribution in [0.25, 0.3) is 11.1 Å². The van der Waals surface area contributed by atoms with E-state index in [4.69, 9.17) is 9.15 Å². The van der Waals surface area contributed by atoms with Gasteiger partial charge in [0.05, 0.1) is 17.7 Å². The molecule has 1 aromatic heterocycles. The molecule has 0 spiro atoms. The monoisotopic (exact) mass is 368 g/mol. The highest BCUT2D eigenvalue weighted by Gasteiger charge is 2.21. The molecule has 2 aromatic carbocycles. The van der Waals surface area contributed by atoms with E-state index in [9.17, 15) is 14.4 Å². The number of amides is 1. The van der Waals surface area contributed by atoms with Gasteiger partial charge in [0, 0.05) is 5.69 Å². The normalized spacial score (nSPS) is 11.9. The van der Waals surface area contributed by atoms with Crippen LogP contribution in [0.4, 0.5) is 5.69 Å². The van der Waals surface area contributed by atoms with Gasteiger partial charge in [0.1, 0.15) is 6.04 Å². The van der Waals surface area contributed by atoms with E-state index in [1.807, 2.05) is 6.92 Å². The Kier molecular flexibility index (Phi) is 5.40. The van der Waals surface area contributed by atoms with Gasteiger partial charge in [-0.15, -0.1) is 0 Å². The molecule has 1 N–H and O–H groups in total. The number of ether oxygens (including phenoxy) is 1. The van der Waals surface area contributed by atoms with E-state index in [2.05, 4.69) is 5.32 Å². The van der Waals surface area contributed by atoms with Crippen LogP contribution in [0, 0.1) is 0 Å². The Morgan fingerprint density at radius 2 is 1.85 bits per heavy atom. The second-order valence-electron chi connectivity index (χ2n) is 6.08. The summed E-state index contributed by atoms with van der Waals surface area (Å²) in [4.78, 5) is 36.5. The summed E-state index contributed by atoms with van der Waals surface area (Å²) >= 11 is 0. The first-order valence-corrected chi connectivity index (χ1v) is 8.69. The van der Waals surface area contributed by atoms with Gasteiger partial charge in [-0.2, -0.15) is 0 Å². The average Bonchev–Trinajstić information content (AvgIpc) is 3.01. The first kappa shape index (κ1) is 18.4. The molecule has 27 heavy (non-hydrogen) atoms. The summed E-state index contributed by atoms with van der Waals surface area (Å²) in [6, 6.07) is 12.6. The van der Waals surface area contributed by atoms with Crippen molar-refractivity contribution in [1.29, 1.82) is 0 Å². The van der Waals surface area contributed by atoms with Crippen LogP contribution in [-0.4, -0.2) is 23.1 Å². The van der Waals surface area contributed by atoms with Crippen molar-refractivity contribution < 1.29 is 18.7 Å². The molecule has 3 rings (SSSR count). The minimum Gasteiger partial charge on any atom is -0.462 e. The third-order valence-electron chi connectivity index (χ3n) is 4.11. The molecule has 1 amide bonds. The number of hydrogen-bond donors (Lipinski definition) is 1. The summed E-state index contributed by atoms with van der Waals surface area (Å²) in [7, 11) is 0. The molecule has 0 aliphatic rings. The van der Waals surface area contributed by atoms with Crippen LogP contribution in [0.15, 0.2) is 57.7 Å². The van der Waals surface area contributed by atoms with E-state index in [0.29, 0.717) is 29.0 Å². The smallest absolute Gasteiger partial charge is 0.420 e. The van der Waals surface area contributed by atoms with Crippen molar-refractivity contribution in [2.24, 2.45) is 0 Å². The van der Waals surface area contributed by atoms with Crippen LogP contribution in [0.1, 0.15) is 36.7 Å². The van der Waals surface area contributed by atoms with Crippen molar-refractivity contribution in [2.45, 2.75) is 26.3 Å². The summed E-state index contributed by atoms with van der Waals surface area (Å²) in [5.41, 5.74) is 1.91. The van der Waals surface area contributed by atoms with Gasteiger partial charge in [0.15, 0.2) is 5.58 Å². The van der Waals surface area contributed by atoms with Crippen LogP contribution in [0.2, 0.25) is 0 Å². The van der Waals surface area contributed by atoms with Gasteiger partial charge in [-0.3, -0.25) is 9.36 Å². The van der Waals surface area contributed by atoms with Gasteiger partial charge >= 0.3 is 11.7 Å². The molecule has 0 aliphatic carbocycles. The summed E-state index contributed by atoms with van der Waals surface area (Å²) < 4.78 is 11.5. The average molecular weight is 368 g/mol. The van der Waals surface area contributed by atoms with Gasteiger partial charge in [-0.25, -0.2) is 9.59 Å². The predicted octanol–water partition coefficient (Wildman–Crippen LogP) is 3.36. The molecule has 0 bridgehead atoms. The molecule has 0 fully saturated rings. The Hall–Kier alpha value is -3.35. The second-order valence-corrected chi connectivity index (χ2v) is 6.08. The zero-order valence-electron chi connectivity index (χ0n) is 15.1. The second kappa shape index (κ2) is 7.90. The lowest BCUT2D eigenvalue weighted by molar-refractivity contribution is -0.118.